The Balaban J connectivity index is 2.04. The summed E-state index contributed by atoms with van der Waals surface area (Å²) in [6.07, 6.45) is -3.36. The van der Waals surface area contributed by atoms with Crippen molar-refractivity contribution < 1.29 is 27.5 Å². The maximum atomic E-state index is 13.8. The molecule has 7 heteroatoms. The number of likely N-dealkylation sites (tertiary alicyclic amines) is 1. The minimum absolute atomic E-state index is 0.201. The van der Waals surface area contributed by atoms with Crippen LogP contribution in [0.5, 0.6) is 0 Å². The molecule has 3 nitrogen and oxygen atoms in total. The fourth-order valence-corrected chi connectivity index (χ4v) is 3.62. The molecule has 1 aliphatic rings. The zero-order chi connectivity index (χ0) is 19.6. The average Bonchev–Trinajstić information content (AvgIpc) is 2.62. The number of carboxylic acids is 1. The highest BCUT2D eigenvalue weighted by atomic mass is 19.4. The van der Waals surface area contributed by atoms with Crippen LogP contribution in [-0.2, 0) is 11.0 Å². The number of nitrogens with zero attached hydrogens (tertiary/aromatic N) is 1. The fourth-order valence-electron chi connectivity index (χ4n) is 3.62. The molecule has 0 aliphatic carbocycles. The Kier molecular flexibility index (Phi) is 5.51. The number of piperidine rings is 1. The van der Waals surface area contributed by atoms with Gasteiger partial charge in [-0.05, 0) is 54.8 Å². The van der Waals surface area contributed by atoms with E-state index in [1.807, 2.05) is 4.90 Å². The highest BCUT2D eigenvalue weighted by Crippen LogP contribution is 2.36. The molecule has 0 spiro atoms. The van der Waals surface area contributed by atoms with E-state index < -0.39 is 35.5 Å². The molecule has 0 aromatic heterocycles. The zero-order valence-electron chi connectivity index (χ0n) is 14.4. The number of carbonyl (C=O) groups is 1. The second-order valence-electron chi connectivity index (χ2n) is 6.75. The maximum Gasteiger partial charge on any atom is 0.416 e. The lowest BCUT2D eigenvalue weighted by Crippen LogP contribution is -2.41. The van der Waals surface area contributed by atoms with Gasteiger partial charge in [-0.25, -0.2) is 4.39 Å². The van der Waals surface area contributed by atoms with Crippen LogP contribution in [0.15, 0.2) is 48.5 Å². The molecule has 3 rings (SSSR count). The summed E-state index contributed by atoms with van der Waals surface area (Å²) >= 11 is 0. The Labute approximate surface area is 154 Å². The maximum absolute atomic E-state index is 13.8. The van der Waals surface area contributed by atoms with Crippen LogP contribution < -0.4 is 0 Å². The van der Waals surface area contributed by atoms with Crippen molar-refractivity contribution in [1.29, 1.82) is 0 Å². The van der Waals surface area contributed by atoms with E-state index in [2.05, 4.69) is 0 Å². The van der Waals surface area contributed by atoms with E-state index >= 15 is 0 Å². The van der Waals surface area contributed by atoms with E-state index in [1.54, 1.807) is 12.1 Å². The molecule has 1 fully saturated rings. The quantitative estimate of drug-likeness (QED) is 0.779. The first-order valence-electron chi connectivity index (χ1n) is 8.65. The van der Waals surface area contributed by atoms with Gasteiger partial charge in [-0.15, -0.1) is 0 Å². The van der Waals surface area contributed by atoms with E-state index in [9.17, 15) is 27.5 Å². The summed E-state index contributed by atoms with van der Waals surface area (Å²) in [4.78, 5) is 13.2. The molecule has 0 bridgehead atoms. The lowest BCUT2D eigenvalue weighted by atomic mass is 9.90. The summed E-state index contributed by atoms with van der Waals surface area (Å²) < 4.78 is 53.3. The van der Waals surface area contributed by atoms with Gasteiger partial charge in [-0.1, -0.05) is 24.3 Å². The first kappa shape index (κ1) is 19.4. The van der Waals surface area contributed by atoms with Crippen molar-refractivity contribution in [3.8, 4) is 0 Å². The van der Waals surface area contributed by atoms with Crippen molar-refractivity contribution in [2.75, 3.05) is 13.1 Å². The van der Waals surface area contributed by atoms with Crippen molar-refractivity contribution in [3.63, 3.8) is 0 Å². The van der Waals surface area contributed by atoms with Crippen LogP contribution in [0.25, 0.3) is 0 Å². The molecular formula is C20H19F4NO2. The number of aliphatic carboxylic acids is 1. The summed E-state index contributed by atoms with van der Waals surface area (Å²) in [5.74, 6) is -2.02. The number of hydrogen-bond acceptors (Lipinski definition) is 2. The summed E-state index contributed by atoms with van der Waals surface area (Å²) in [7, 11) is 0. The Bertz CT molecular complexity index is 822. The molecule has 27 heavy (non-hydrogen) atoms. The lowest BCUT2D eigenvalue weighted by molar-refractivity contribution is -0.143. The molecular weight excluding hydrogens is 362 g/mol. The molecule has 144 valence electrons. The van der Waals surface area contributed by atoms with Gasteiger partial charge >= 0.3 is 12.1 Å². The highest BCUT2D eigenvalue weighted by Gasteiger charge is 2.34. The van der Waals surface area contributed by atoms with E-state index in [4.69, 9.17) is 0 Å². The Morgan fingerprint density at radius 3 is 2.41 bits per heavy atom. The molecule has 1 heterocycles. The minimum atomic E-state index is -4.49. The van der Waals surface area contributed by atoms with Crippen LogP contribution >= 0.6 is 0 Å². The summed E-state index contributed by atoms with van der Waals surface area (Å²) in [6, 6.07) is 9.99. The number of benzene rings is 2. The van der Waals surface area contributed by atoms with Gasteiger partial charge in [0.15, 0.2) is 0 Å². The summed E-state index contributed by atoms with van der Waals surface area (Å²) in [5, 5.41) is 9.34. The summed E-state index contributed by atoms with van der Waals surface area (Å²) in [5.41, 5.74) is 0.0787. The molecule has 1 saturated heterocycles. The van der Waals surface area contributed by atoms with Gasteiger partial charge in [0, 0.05) is 6.54 Å². The lowest BCUT2D eigenvalue weighted by Gasteiger charge is -2.37. The third-order valence-electron chi connectivity index (χ3n) is 4.86. The monoisotopic (exact) mass is 381 g/mol. The van der Waals surface area contributed by atoms with Crippen molar-refractivity contribution in [2.45, 2.75) is 25.1 Å². The number of carboxylic acid groups (broad SMARTS) is 1. The smallest absolute Gasteiger partial charge is 0.416 e. The van der Waals surface area contributed by atoms with Gasteiger partial charge < -0.3 is 5.11 Å². The standard InChI is InChI=1S/C20H19F4NO2/c21-17-8-2-5-14(11-17)18(25-9-3-6-15(12-25)19(26)27)13-4-1-7-16(10-13)20(22,23)24/h1-2,4-5,7-8,10-11,15,18H,3,6,9,12H2,(H,26,27). The predicted molar refractivity (Wildman–Crippen MR) is 91.6 cm³/mol. The van der Waals surface area contributed by atoms with Crippen LogP contribution in [0.4, 0.5) is 17.6 Å². The van der Waals surface area contributed by atoms with Gasteiger partial charge in [0.25, 0.3) is 0 Å². The summed E-state index contributed by atoms with van der Waals surface area (Å²) in [6.45, 7) is 0.730. The van der Waals surface area contributed by atoms with Gasteiger partial charge in [0.1, 0.15) is 5.82 Å². The van der Waals surface area contributed by atoms with Crippen molar-refractivity contribution >= 4 is 5.97 Å². The molecule has 2 unspecified atom stereocenters. The predicted octanol–water partition coefficient (Wildman–Crippen LogP) is 4.73. The second kappa shape index (κ2) is 7.68. The third kappa shape index (κ3) is 4.47. The minimum Gasteiger partial charge on any atom is -0.481 e. The molecule has 2 atom stereocenters. The molecule has 0 radical (unpaired) electrons. The van der Waals surface area contributed by atoms with E-state index in [1.165, 1.54) is 24.3 Å². The second-order valence-corrected chi connectivity index (χ2v) is 6.75. The number of hydrogen-bond donors (Lipinski definition) is 1. The molecule has 1 aliphatic heterocycles. The van der Waals surface area contributed by atoms with Gasteiger partial charge in [-0.2, -0.15) is 13.2 Å². The largest absolute Gasteiger partial charge is 0.481 e. The highest BCUT2D eigenvalue weighted by molar-refractivity contribution is 5.70. The fraction of sp³-hybridized carbons (Fsp3) is 0.350. The van der Waals surface area contributed by atoms with Crippen molar-refractivity contribution in [2.24, 2.45) is 5.92 Å². The Morgan fingerprint density at radius 1 is 1.11 bits per heavy atom. The zero-order valence-corrected chi connectivity index (χ0v) is 14.4. The normalized spacial score (nSPS) is 19.6. The molecule has 2 aromatic carbocycles. The van der Waals surface area contributed by atoms with E-state index in [0.29, 0.717) is 30.5 Å². The number of halogens is 4. The first-order valence-corrected chi connectivity index (χ1v) is 8.65. The molecule has 1 N–H and O–H groups in total. The van der Waals surface area contributed by atoms with Crippen LogP contribution in [0, 0.1) is 11.7 Å². The third-order valence-corrected chi connectivity index (χ3v) is 4.86. The van der Waals surface area contributed by atoms with E-state index in [-0.39, 0.29) is 6.54 Å². The average molecular weight is 381 g/mol. The van der Waals surface area contributed by atoms with Gasteiger partial charge in [-0.3, -0.25) is 9.69 Å². The van der Waals surface area contributed by atoms with Crippen LogP contribution in [0.2, 0.25) is 0 Å². The number of rotatable bonds is 4. The van der Waals surface area contributed by atoms with Crippen LogP contribution in [-0.4, -0.2) is 29.1 Å². The first-order chi connectivity index (χ1) is 12.8. The van der Waals surface area contributed by atoms with Crippen molar-refractivity contribution in [1.82, 2.24) is 4.90 Å². The SMILES string of the molecule is O=C(O)C1CCCN(C(c2cccc(F)c2)c2cccc(C(F)(F)F)c2)C1. The topological polar surface area (TPSA) is 40.5 Å². The van der Waals surface area contributed by atoms with Gasteiger partial charge in [0.05, 0.1) is 17.5 Å². The molecule has 2 aromatic rings. The molecule has 0 amide bonds. The van der Waals surface area contributed by atoms with Crippen LogP contribution in [0.3, 0.4) is 0 Å². The van der Waals surface area contributed by atoms with Crippen LogP contribution in [0.1, 0.15) is 35.6 Å². The Hall–Kier alpha value is -2.41. The van der Waals surface area contributed by atoms with Crippen molar-refractivity contribution in [3.05, 3.63) is 71.0 Å². The number of alkyl halides is 3. The van der Waals surface area contributed by atoms with Gasteiger partial charge in [0.2, 0.25) is 0 Å². The Morgan fingerprint density at radius 2 is 1.78 bits per heavy atom. The van der Waals surface area contributed by atoms with E-state index in [0.717, 1.165) is 12.1 Å². The molecule has 0 saturated carbocycles.